The first kappa shape index (κ1) is 11.0. The second-order valence-electron chi connectivity index (χ2n) is 4.00. The van der Waals surface area contributed by atoms with Crippen LogP contribution in [0.1, 0.15) is 5.82 Å². The van der Waals surface area contributed by atoms with E-state index in [4.69, 9.17) is 0 Å². The fraction of sp³-hybridized carbons (Fsp3) is 0.300. The summed E-state index contributed by atoms with van der Waals surface area (Å²) in [5.41, 5.74) is 1.03. The van der Waals surface area contributed by atoms with Gasteiger partial charge in [0.25, 0.3) is 0 Å². The minimum Gasteiger partial charge on any atom is -0.493 e. The van der Waals surface area contributed by atoms with Gasteiger partial charge in [0.05, 0.1) is 17.1 Å². The standard InChI is InChI=1S/C10H12N3O2P/c1-6-12-8-5-11-9(16(2,3)15)4-7(8)10(14)13-6/h4-5H,1-3H3,(H,12,13,14). The number of aryl methyl sites for hydroxylation is 1. The first-order valence-electron chi connectivity index (χ1n) is 4.77. The molecule has 2 aromatic rings. The summed E-state index contributed by atoms with van der Waals surface area (Å²) in [5, 5.41) is 10.2. The summed E-state index contributed by atoms with van der Waals surface area (Å²) < 4.78 is 11.9. The molecule has 2 heterocycles. The Morgan fingerprint density at radius 1 is 1.31 bits per heavy atom. The molecule has 0 atom stereocenters. The summed E-state index contributed by atoms with van der Waals surface area (Å²) in [6.07, 6.45) is 1.51. The third-order valence-corrected chi connectivity index (χ3v) is 3.56. The van der Waals surface area contributed by atoms with E-state index in [-0.39, 0.29) is 5.88 Å². The Bertz CT molecular complexity index is 606. The first-order chi connectivity index (χ1) is 7.38. The van der Waals surface area contributed by atoms with Crippen LogP contribution in [0.4, 0.5) is 0 Å². The Morgan fingerprint density at radius 2 is 2.00 bits per heavy atom. The second kappa shape index (κ2) is 3.52. The molecule has 6 heteroatoms. The minimum absolute atomic E-state index is 0.0976. The molecule has 5 nitrogen and oxygen atoms in total. The van der Waals surface area contributed by atoms with Crippen molar-refractivity contribution in [2.75, 3.05) is 13.3 Å². The molecule has 0 aliphatic carbocycles. The van der Waals surface area contributed by atoms with Gasteiger partial charge in [-0.25, -0.2) is 4.98 Å². The molecule has 2 rings (SSSR count). The van der Waals surface area contributed by atoms with Crippen molar-refractivity contribution in [3.63, 3.8) is 0 Å². The van der Waals surface area contributed by atoms with Gasteiger partial charge in [-0.05, 0) is 26.3 Å². The van der Waals surface area contributed by atoms with Gasteiger partial charge in [-0.15, -0.1) is 0 Å². The topological polar surface area (TPSA) is 76.0 Å². The van der Waals surface area contributed by atoms with Crippen LogP contribution in [-0.4, -0.2) is 33.4 Å². The maximum Gasteiger partial charge on any atom is 0.222 e. The molecule has 0 bridgehead atoms. The first-order valence-corrected chi connectivity index (χ1v) is 7.37. The Kier molecular flexibility index (Phi) is 2.43. The van der Waals surface area contributed by atoms with Crippen LogP contribution in [0.3, 0.4) is 0 Å². The Balaban J connectivity index is 2.77. The van der Waals surface area contributed by atoms with Crippen molar-refractivity contribution < 1.29 is 9.67 Å². The average Bonchev–Trinajstić information content (AvgIpc) is 2.15. The van der Waals surface area contributed by atoms with E-state index < -0.39 is 7.14 Å². The van der Waals surface area contributed by atoms with Crippen molar-refractivity contribution in [2.45, 2.75) is 6.92 Å². The summed E-state index contributed by atoms with van der Waals surface area (Å²) in [7, 11) is -2.43. The molecule has 0 aromatic carbocycles. The highest BCUT2D eigenvalue weighted by molar-refractivity contribution is 7.69. The van der Waals surface area contributed by atoms with Crippen molar-refractivity contribution in [1.29, 1.82) is 0 Å². The average molecular weight is 237 g/mol. The van der Waals surface area contributed by atoms with Gasteiger partial charge in [0.2, 0.25) is 5.88 Å². The lowest BCUT2D eigenvalue weighted by Crippen LogP contribution is -2.08. The highest BCUT2D eigenvalue weighted by Crippen LogP contribution is 2.34. The van der Waals surface area contributed by atoms with Gasteiger partial charge in [0, 0.05) is 0 Å². The quantitative estimate of drug-likeness (QED) is 0.756. The van der Waals surface area contributed by atoms with E-state index >= 15 is 0 Å². The van der Waals surface area contributed by atoms with Crippen molar-refractivity contribution in [3.8, 4) is 5.88 Å². The van der Waals surface area contributed by atoms with E-state index in [0.717, 1.165) is 0 Å². The van der Waals surface area contributed by atoms with E-state index in [0.29, 0.717) is 22.2 Å². The van der Waals surface area contributed by atoms with Gasteiger partial charge in [-0.2, -0.15) is 4.98 Å². The van der Waals surface area contributed by atoms with Crippen LogP contribution < -0.4 is 5.44 Å². The van der Waals surface area contributed by atoms with Crippen LogP contribution in [0.5, 0.6) is 5.88 Å². The van der Waals surface area contributed by atoms with Crippen molar-refractivity contribution >= 4 is 23.5 Å². The zero-order valence-corrected chi connectivity index (χ0v) is 10.2. The molecule has 0 fully saturated rings. The molecular weight excluding hydrogens is 225 g/mol. The Labute approximate surface area is 93.0 Å². The van der Waals surface area contributed by atoms with Crippen LogP contribution in [-0.2, 0) is 4.57 Å². The lowest BCUT2D eigenvalue weighted by molar-refractivity contribution is 0.457. The molecule has 16 heavy (non-hydrogen) atoms. The smallest absolute Gasteiger partial charge is 0.222 e. The van der Waals surface area contributed by atoms with Crippen LogP contribution >= 0.6 is 7.14 Å². The van der Waals surface area contributed by atoms with E-state index in [9.17, 15) is 9.67 Å². The zero-order chi connectivity index (χ0) is 11.9. The second-order valence-corrected chi connectivity index (χ2v) is 7.16. The molecular formula is C10H12N3O2P. The van der Waals surface area contributed by atoms with E-state index in [1.165, 1.54) is 6.20 Å². The lowest BCUT2D eigenvalue weighted by Gasteiger charge is -2.07. The molecule has 0 radical (unpaired) electrons. The van der Waals surface area contributed by atoms with Gasteiger partial charge >= 0.3 is 0 Å². The van der Waals surface area contributed by atoms with Crippen molar-refractivity contribution in [1.82, 2.24) is 15.0 Å². The van der Waals surface area contributed by atoms with E-state index in [1.807, 2.05) is 0 Å². The maximum atomic E-state index is 11.9. The summed E-state index contributed by atoms with van der Waals surface area (Å²) >= 11 is 0. The zero-order valence-electron chi connectivity index (χ0n) is 9.30. The van der Waals surface area contributed by atoms with Crippen LogP contribution in [0, 0.1) is 6.92 Å². The van der Waals surface area contributed by atoms with Gasteiger partial charge in [-0.1, -0.05) is 0 Å². The summed E-state index contributed by atoms with van der Waals surface area (Å²) in [6.45, 7) is 4.96. The highest BCUT2D eigenvalue weighted by Gasteiger charge is 2.15. The number of pyridine rings is 1. The van der Waals surface area contributed by atoms with Gasteiger partial charge in [0.15, 0.2) is 0 Å². The molecule has 0 unspecified atom stereocenters. The molecule has 84 valence electrons. The van der Waals surface area contributed by atoms with Crippen LogP contribution in [0.2, 0.25) is 0 Å². The number of aromatic hydroxyl groups is 1. The molecule has 1 N–H and O–H groups in total. The molecule has 0 aliphatic heterocycles. The molecule has 0 spiro atoms. The van der Waals surface area contributed by atoms with Gasteiger partial charge in [0.1, 0.15) is 18.4 Å². The van der Waals surface area contributed by atoms with Crippen LogP contribution in [0.15, 0.2) is 12.3 Å². The predicted octanol–water partition coefficient (Wildman–Crippen LogP) is 1.29. The highest BCUT2D eigenvalue weighted by atomic mass is 31.2. The third-order valence-electron chi connectivity index (χ3n) is 2.21. The Hall–Kier alpha value is -1.48. The SMILES string of the molecule is Cc1nc(O)c2cc(P(C)(C)=O)ncc2n1. The third kappa shape index (κ3) is 1.91. The Morgan fingerprint density at radius 3 is 2.62 bits per heavy atom. The monoisotopic (exact) mass is 237 g/mol. The van der Waals surface area contributed by atoms with E-state index in [2.05, 4.69) is 15.0 Å². The van der Waals surface area contributed by atoms with Gasteiger partial charge < -0.3 is 9.67 Å². The molecule has 0 aliphatic rings. The summed E-state index contributed by atoms with van der Waals surface area (Å²) in [5.74, 6) is 0.385. The number of nitrogens with zero attached hydrogens (tertiary/aromatic N) is 3. The maximum absolute atomic E-state index is 11.9. The number of hydrogen-bond donors (Lipinski definition) is 1. The normalized spacial score (nSPS) is 11.9. The largest absolute Gasteiger partial charge is 0.493 e. The molecule has 0 saturated carbocycles. The number of aromatic nitrogens is 3. The number of hydrogen-bond acceptors (Lipinski definition) is 5. The van der Waals surface area contributed by atoms with Crippen molar-refractivity contribution in [2.24, 2.45) is 0 Å². The fourth-order valence-electron chi connectivity index (χ4n) is 1.41. The summed E-state index contributed by atoms with van der Waals surface area (Å²) in [6, 6.07) is 1.59. The molecule has 2 aromatic heterocycles. The van der Waals surface area contributed by atoms with E-state index in [1.54, 1.807) is 26.3 Å². The predicted molar refractivity (Wildman–Crippen MR) is 62.8 cm³/mol. The minimum atomic E-state index is -2.43. The van der Waals surface area contributed by atoms with Crippen LogP contribution in [0.25, 0.3) is 10.9 Å². The fourth-order valence-corrected chi connectivity index (χ4v) is 2.19. The summed E-state index contributed by atoms with van der Waals surface area (Å²) in [4.78, 5) is 12.1. The van der Waals surface area contributed by atoms with Gasteiger partial charge in [-0.3, -0.25) is 4.98 Å². The number of rotatable bonds is 1. The van der Waals surface area contributed by atoms with Crippen molar-refractivity contribution in [3.05, 3.63) is 18.1 Å². The molecule has 0 amide bonds. The number of fused-ring (bicyclic) bond motifs is 1. The molecule has 0 saturated heterocycles. The lowest BCUT2D eigenvalue weighted by atomic mass is 10.3.